The zero-order valence-electron chi connectivity index (χ0n) is 21.2. The van der Waals surface area contributed by atoms with Crippen LogP contribution in [-0.2, 0) is 22.6 Å². The first kappa shape index (κ1) is 25.6. The molecule has 0 unspecified atom stereocenters. The molecular formula is C24H37IN6O2Si. The summed E-state index contributed by atoms with van der Waals surface area (Å²) in [6.45, 7) is 17.2. The molecule has 1 fully saturated rings. The molecule has 1 aliphatic rings. The number of fused-ring (bicyclic) bond motifs is 1. The highest BCUT2D eigenvalue weighted by Gasteiger charge is 2.24. The molecule has 0 N–H and O–H groups in total. The molecule has 10 heteroatoms. The van der Waals surface area contributed by atoms with Crippen molar-refractivity contribution in [3.63, 3.8) is 0 Å². The van der Waals surface area contributed by atoms with Crippen molar-refractivity contribution in [3.05, 3.63) is 27.6 Å². The summed E-state index contributed by atoms with van der Waals surface area (Å²) in [5, 5.41) is 10.9. The number of halogens is 1. The lowest BCUT2D eigenvalue weighted by Crippen LogP contribution is -2.44. The predicted octanol–water partition coefficient (Wildman–Crippen LogP) is 4.96. The molecule has 0 aromatic carbocycles. The Morgan fingerprint density at radius 2 is 2.03 bits per heavy atom. The summed E-state index contributed by atoms with van der Waals surface area (Å²) < 4.78 is 16.5. The summed E-state index contributed by atoms with van der Waals surface area (Å²) in [5.41, 5.74) is 1.94. The summed E-state index contributed by atoms with van der Waals surface area (Å²) >= 11 is 2.43. The third-order valence-electron chi connectivity index (χ3n) is 5.98. The molecule has 1 atom stereocenters. The minimum absolute atomic E-state index is 0.286. The summed E-state index contributed by atoms with van der Waals surface area (Å²) in [4.78, 5) is 7.45. The number of hydrogen-bond donors (Lipinski definition) is 0. The maximum Gasteiger partial charge on any atom is 0.177 e. The van der Waals surface area contributed by atoms with Crippen LogP contribution in [0.25, 0.3) is 16.9 Å². The van der Waals surface area contributed by atoms with Gasteiger partial charge in [0, 0.05) is 37.1 Å². The van der Waals surface area contributed by atoms with Crippen molar-refractivity contribution in [2.75, 3.05) is 31.3 Å². The third kappa shape index (κ3) is 6.00. The maximum atomic E-state index is 5.89. The van der Waals surface area contributed by atoms with E-state index in [1.54, 1.807) is 0 Å². The van der Waals surface area contributed by atoms with Gasteiger partial charge in [0.1, 0.15) is 12.5 Å². The number of ether oxygens (including phenoxy) is 2. The third-order valence-corrected chi connectivity index (χ3v) is 8.53. The van der Waals surface area contributed by atoms with E-state index in [2.05, 4.69) is 74.0 Å². The molecule has 3 aromatic rings. The van der Waals surface area contributed by atoms with Gasteiger partial charge in [-0.25, -0.2) is 9.67 Å². The molecule has 0 bridgehead atoms. The first-order valence-electron chi connectivity index (χ1n) is 12.2. The van der Waals surface area contributed by atoms with Crippen LogP contribution in [0.4, 0.5) is 5.82 Å². The lowest BCUT2D eigenvalue weighted by atomic mass is 10.1. The largest absolute Gasteiger partial charge is 0.377 e. The van der Waals surface area contributed by atoms with E-state index in [1.807, 2.05) is 21.6 Å². The smallest absolute Gasteiger partial charge is 0.177 e. The van der Waals surface area contributed by atoms with Crippen LogP contribution in [-0.4, -0.2) is 65.0 Å². The minimum atomic E-state index is -1.10. The topological polar surface area (TPSA) is 70.2 Å². The van der Waals surface area contributed by atoms with Crippen LogP contribution < -0.4 is 4.90 Å². The Kier molecular flexibility index (Phi) is 8.00. The van der Waals surface area contributed by atoms with Gasteiger partial charge in [-0.1, -0.05) is 33.5 Å². The highest BCUT2D eigenvalue weighted by molar-refractivity contribution is 14.1. The van der Waals surface area contributed by atoms with Crippen molar-refractivity contribution >= 4 is 47.5 Å². The van der Waals surface area contributed by atoms with Crippen LogP contribution in [0.15, 0.2) is 18.3 Å². The molecule has 1 aliphatic heterocycles. The highest BCUT2D eigenvalue weighted by atomic mass is 127. The molecule has 0 aliphatic carbocycles. The van der Waals surface area contributed by atoms with Crippen molar-refractivity contribution in [2.45, 2.75) is 65.6 Å². The highest BCUT2D eigenvalue weighted by Crippen LogP contribution is 2.31. The standard InChI is InChI=1S/C24H37IN6O2Si/c1-17(2)13-20-23-19(25)14-22(30-9-10-32-15-18(30)3)26-24(23)31(27-20)21-7-8-29(28-21)16-33-11-12-34(4,5)6/h7-8,14,17-18H,9-13,15-16H2,1-6H3/t18-/m1/s1. The fourth-order valence-corrected chi connectivity index (χ4v) is 5.69. The monoisotopic (exact) mass is 596 g/mol. The van der Waals surface area contributed by atoms with Gasteiger partial charge in [0.25, 0.3) is 0 Å². The molecule has 4 rings (SSSR count). The predicted molar refractivity (Wildman–Crippen MR) is 148 cm³/mol. The number of hydrogen-bond acceptors (Lipinski definition) is 6. The molecule has 186 valence electrons. The normalized spacial score (nSPS) is 17.3. The molecular weight excluding hydrogens is 559 g/mol. The van der Waals surface area contributed by atoms with Crippen LogP contribution in [0.3, 0.4) is 0 Å². The van der Waals surface area contributed by atoms with Crippen LogP contribution in [0.2, 0.25) is 25.7 Å². The summed E-state index contributed by atoms with van der Waals surface area (Å²) in [6.07, 6.45) is 2.85. The Morgan fingerprint density at radius 1 is 1.24 bits per heavy atom. The van der Waals surface area contributed by atoms with Crippen LogP contribution >= 0.6 is 22.6 Å². The van der Waals surface area contributed by atoms with E-state index in [1.165, 1.54) is 3.57 Å². The van der Waals surface area contributed by atoms with E-state index in [0.717, 1.165) is 67.2 Å². The lowest BCUT2D eigenvalue weighted by molar-refractivity contribution is 0.0785. The van der Waals surface area contributed by atoms with Gasteiger partial charge in [0.15, 0.2) is 11.5 Å². The fourth-order valence-electron chi connectivity index (χ4n) is 4.10. The lowest BCUT2D eigenvalue weighted by Gasteiger charge is -2.34. The second-order valence-corrected chi connectivity index (χ2v) is 17.6. The number of rotatable bonds is 9. The maximum absolute atomic E-state index is 5.89. The van der Waals surface area contributed by atoms with Gasteiger partial charge in [-0.05, 0) is 54.0 Å². The number of aromatic nitrogens is 5. The van der Waals surface area contributed by atoms with Gasteiger partial charge in [-0.3, -0.25) is 0 Å². The quantitative estimate of drug-likeness (QED) is 0.198. The van der Waals surface area contributed by atoms with Crippen molar-refractivity contribution in [1.82, 2.24) is 24.5 Å². The Bertz CT molecular complexity index is 1120. The number of nitrogens with zero attached hydrogens (tertiary/aromatic N) is 6. The van der Waals surface area contributed by atoms with E-state index in [-0.39, 0.29) is 6.04 Å². The average Bonchev–Trinajstić information content (AvgIpc) is 3.35. The summed E-state index contributed by atoms with van der Waals surface area (Å²) in [7, 11) is -1.10. The zero-order chi connectivity index (χ0) is 24.5. The second kappa shape index (κ2) is 10.6. The van der Waals surface area contributed by atoms with Gasteiger partial charge in [-0.15, -0.1) is 0 Å². The van der Waals surface area contributed by atoms with Gasteiger partial charge >= 0.3 is 0 Å². The molecule has 0 saturated carbocycles. The van der Waals surface area contributed by atoms with Crippen LogP contribution in [0.1, 0.15) is 26.5 Å². The van der Waals surface area contributed by atoms with E-state index in [0.29, 0.717) is 12.6 Å². The summed E-state index contributed by atoms with van der Waals surface area (Å²) in [5.74, 6) is 2.24. The Balaban J connectivity index is 1.67. The van der Waals surface area contributed by atoms with Crippen molar-refractivity contribution in [3.8, 4) is 5.82 Å². The first-order valence-corrected chi connectivity index (χ1v) is 16.9. The number of anilines is 1. The first-order chi connectivity index (χ1) is 16.1. The van der Waals surface area contributed by atoms with E-state index >= 15 is 0 Å². The number of morpholine rings is 1. The van der Waals surface area contributed by atoms with Crippen LogP contribution in [0, 0.1) is 9.49 Å². The molecule has 8 nitrogen and oxygen atoms in total. The van der Waals surface area contributed by atoms with E-state index < -0.39 is 8.07 Å². The van der Waals surface area contributed by atoms with Gasteiger partial charge in [0.2, 0.25) is 0 Å². The van der Waals surface area contributed by atoms with Gasteiger partial charge in [-0.2, -0.15) is 14.9 Å². The zero-order valence-corrected chi connectivity index (χ0v) is 24.4. The summed E-state index contributed by atoms with van der Waals surface area (Å²) in [6, 6.07) is 5.61. The van der Waals surface area contributed by atoms with Crippen molar-refractivity contribution < 1.29 is 9.47 Å². The average molecular weight is 597 g/mol. The van der Waals surface area contributed by atoms with Crippen molar-refractivity contribution in [2.24, 2.45) is 5.92 Å². The van der Waals surface area contributed by atoms with E-state index in [4.69, 9.17) is 24.7 Å². The Morgan fingerprint density at radius 3 is 2.74 bits per heavy atom. The minimum Gasteiger partial charge on any atom is -0.377 e. The Hall–Kier alpha value is -1.50. The van der Waals surface area contributed by atoms with Crippen LogP contribution in [0.5, 0.6) is 0 Å². The molecule has 34 heavy (non-hydrogen) atoms. The molecule has 0 spiro atoms. The molecule has 0 amide bonds. The Labute approximate surface area is 217 Å². The number of pyridine rings is 1. The fraction of sp³-hybridized carbons (Fsp3) is 0.625. The molecule has 1 saturated heterocycles. The van der Waals surface area contributed by atoms with Gasteiger partial charge < -0.3 is 14.4 Å². The second-order valence-electron chi connectivity index (χ2n) is 10.8. The molecule has 3 aromatic heterocycles. The van der Waals surface area contributed by atoms with Gasteiger partial charge in [0.05, 0.1) is 30.3 Å². The van der Waals surface area contributed by atoms with E-state index in [9.17, 15) is 0 Å². The molecule has 4 heterocycles. The SMILES string of the molecule is CC(C)Cc1nn(-c2ccn(COCC[Si](C)(C)C)n2)c2nc(N3CCOC[C@H]3C)cc(I)c12. The van der Waals surface area contributed by atoms with Crippen molar-refractivity contribution in [1.29, 1.82) is 0 Å². The molecule has 0 radical (unpaired) electrons.